The highest BCUT2D eigenvalue weighted by molar-refractivity contribution is 6.47. The van der Waals surface area contributed by atoms with Crippen LogP contribution in [0.5, 0.6) is 0 Å². The lowest BCUT2D eigenvalue weighted by atomic mass is 10.1. The monoisotopic (exact) mass is 284 g/mol. The van der Waals surface area contributed by atoms with Crippen LogP contribution in [0.4, 0.5) is 0 Å². The van der Waals surface area contributed by atoms with E-state index in [0.717, 1.165) is 5.56 Å². The Labute approximate surface area is 114 Å². The lowest BCUT2D eigenvalue weighted by Crippen LogP contribution is -2.19. The molecule has 0 aliphatic carbocycles. The lowest BCUT2D eigenvalue weighted by molar-refractivity contribution is -0.0721. The number of alkyl halides is 2. The van der Waals surface area contributed by atoms with Crippen LogP contribution in [0.1, 0.15) is 23.8 Å². The number of benzene rings is 1. The standard InChI is InChI=1S/C12H10Cl2N2O2/c13-12(14)9(8-4-2-1-3-5-8)17-11(18-12)10-15-6-7-16-10/h1-7,9,11H,(H,15,16). The Bertz CT molecular complexity index is 516. The van der Waals surface area contributed by atoms with Crippen molar-refractivity contribution in [2.24, 2.45) is 0 Å². The molecule has 0 amide bonds. The summed E-state index contributed by atoms with van der Waals surface area (Å²) in [6.45, 7) is 0. The number of aromatic nitrogens is 2. The number of nitrogens with zero attached hydrogens (tertiary/aromatic N) is 1. The largest absolute Gasteiger partial charge is 0.344 e. The minimum atomic E-state index is -1.43. The Balaban J connectivity index is 1.88. The van der Waals surface area contributed by atoms with Crippen molar-refractivity contribution < 1.29 is 9.47 Å². The zero-order valence-corrected chi connectivity index (χ0v) is 10.7. The van der Waals surface area contributed by atoms with Crippen LogP contribution in [0.25, 0.3) is 0 Å². The molecule has 3 rings (SSSR count). The summed E-state index contributed by atoms with van der Waals surface area (Å²) < 4.78 is 9.77. The molecule has 94 valence electrons. The van der Waals surface area contributed by atoms with Crippen molar-refractivity contribution in [2.45, 2.75) is 16.9 Å². The molecule has 0 radical (unpaired) electrons. The maximum Gasteiger partial charge on any atom is 0.251 e. The summed E-state index contributed by atoms with van der Waals surface area (Å²) in [6, 6.07) is 9.47. The molecule has 1 aliphatic heterocycles. The van der Waals surface area contributed by atoms with E-state index in [0.29, 0.717) is 5.82 Å². The summed E-state index contributed by atoms with van der Waals surface area (Å²) >= 11 is 12.3. The molecule has 4 nitrogen and oxygen atoms in total. The van der Waals surface area contributed by atoms with Crippen LogP contribution in [-0.2, 0) is 9.47 Å². The molecule has 1 aromatic carbocycles. The van der Waals surface area contributed by atoms with Gasteiger partial charge in [0.15, 0.2) is 5.82 Å². The molecule has 1 aliphatic rings. The van der Waals surface area contributed by atoms with E-state index in [1.165, 1.54) is 0 Å². The Hall–Kier alpha value is -1.07. The molecule has 1 aromatic heterocycles. The van der Waals surface area contributed by atoms with Crippen LogP contribution < -0.4 is 0 Å². The predicted molar refractivity (Wildman–Crippen MR) is 67.1 cm³/mol. The average Bonchev–Trinajstić information content (AvgIpc) is 2.97. The summed E-state index contributed by atoms with van der Waals surface area (Å²) in [7, 11) is 0. The van der Waals surface area contributed by atoms with Crippen molar-refractivity contribution in [1.29, 1.82) is 0 Å². The first-order valence-corrected chi connectivity index (χ1v) is 6.18. The van der Waals surface area contributed by atoms with Gasteiger partial charge in [-0.25, -0.2) is 4.98 Å². The van der Waals surface area contributed by atoms with E-state index in [1.807, 2.05) is 30.3 Å². The van der Waals surface area contributed by atoms with Gasteiger partial charge in [-0.2, -0.15) is 0 Å². The minimum absolute atomic E-state index is 0.541. The molecule has 1 fully saturated rings. The number of rotatable bonds is 2. The van der Waals surface area contributed by atoms with Crippen molar-refractivity contribution >= 4 is 23.2 Å². The van der Waals surface area contributed by atoms with Crippen molar-refractivity contribution in [2.75, 3.05) is 0 Å². The van der Waals surface area contributed by atoms with Crippen LogP contribution >= 0.6 is 23.2 Å². The average molecular weight is 285 g/mol. The number of H-pyrrole nitrogens is 1. The van der Waals surface area contributed by atoms with Gasteiger partial charge in [0.1, 0.15) is 6.10 Å². The third kappa shape index (κ3) is 2.12. The Morgan fingerprint density at radius 3 is 2.67 bits per heavy atom. The van der Waals surface area contributed by atoms with Gasteiger partial charge in [0.25, 0.3) is 4.52 Å². The van der Waals surface area contributed by atoms with E-state index in [-0.39, 0.29) is 0 Å². The SMILES string of the molecule is ClC1(Cl)OC(c2ncc[nH]2)OC1c1ccccc1. The van der Waals surface area contributed by atoms with Gasteiger partial charge in [0, 0.05) is 12.4 Å². The van der Waals surface area contributed by atoms with Crippen LogP contribution in [0.15, 0.2) is 42.7 Å². The summed E-state index contributed by atoms with van der Waals surface area (Å²) in [4.78, 5) is 6.98. The quantitative estimate of drug-likeness (QED) is 0.861. The molecule has 2 heterocycles. The number of imidazole rings is 1. The molecule has 0 spiro atoms. The lowest BCUT2D eigenvalue weighted by Gasteiger charge is -2.18. The van der Waals surface area contributed by atoms with Gasteiger partial charge in [0.05, 0.1) is 0 Å². The first-order valence-electron chi connectivity index (χ1n) is 5.42. The fourth-order valence-corrected chi connectivity index (χ4v) is 2.38. The summed E-state index contributed by atoms with van der Waals surface area (Å²) in [6.07, 6.45) is 2.04. The van der Waals surface area contributed by atoms with Gasteiger partial charge in [0.2, 0.25) is 6.29 Å². The van der Waals surface area contributed by atoms with E-state index in [4.69, 9.17) is 32.7 Å². The highest BCUT2D eigenvalue weighted by atomic mass is 35.5. The molecule has 2 atom stereocenters. The number of hydrogen-bond acceptors (Lipinski definition) is 3. The predicted octanol–water partition coefficient (Wildman–Crippen LogP) is 3.33. The molecule has 18 heavy (non-hydrogen) atoms. The summed E-state index contributed by atoms with van der Waals surface area (Å²) in [5.74, 6) is 0.541. The van der Waals surface area contributed by atoms with E-state index < -0.39 is 16.9 Å². The van der Waals surface area contributed by atoms with Gasteiger partial charge >= 0.3 is 0 Å². The summed E-state index contributed by atoms with van der Waals surface area (Å²) in [5, 5.41) is 0. The van der Waals surface area contributed by atoms with Gasteiger partial charge in [-0.3, -0.25) is 0 Å². The van der Waals surface area contributed by atoms with Crippen molar-refractivity contribution in [1.82, 2.24) is 9.97 Å². The Morgan fingerprint density at radius 1 is 1.22 bits per heavy atom. The second kappa shape index (κ2) is 4.55. The fourth-order valence-electron chi connectivity index (χ4n) is 1.86. The molecule has 1 saturated heterocycles. The Morgan fingerprint density at radius 2 is 2.00 bits per heavy atom. The normalized spacial score (nSPS) is 26.3. The second-order valence-electron chi connectivity index (χ2n) is 3.91. The zero-order valence-electron chi connectivity index (χ0n) is 9.22. The van der Waals surface area contributed by atoms with Gasteiger partial charge in [-0.05, 0) is 5.56 Å². The smallest absolute Gasteiger partial charge is 0.251 e. The van der Waals surface area contributed by atoms with E-state index in [9.17, 15) is 0 Å². The Kier molecular flexibility index (Phi) is 3.03. The highest BCUT2D eigenvalue weighted by Crippen LogP contribution is 2.50. The number of aromatic amines is 1. The molecule has 2 unspecified atom stereocenters. The van der Waals surface area contributed by atoms with Crippen LogP contribution in [-0.4, -0.2) is 14.5 Å². The molecule has 2 aromatic rings. The maximum absolute atomic E-state index is 6.16. The molecule has 6 heteroatoms. The van der Waals surface area contributed by atoms with E-state index in [2.05, 4.69) is 9.97 Å². The first-order chi connectivity index (χ1) is 8.67. The molecule has 1 N–H and O–H groups in total. The van der Waals surface area contributed by atoms with Gasteiger partial charge in [-0.15, -0.1) is 0 Å². The molecule has 0 saturated carbocycles. The summed E-state index contributed by atoms with van der Waals surface area (Å²) in [5.41, 5.74) is 0.858. The number of halogens is 2. The van der Waals surface area contributed by atoms with E-state index in [1.54, 1.807) is 12.4 Å². The first kappa shape index (κ1) is 12.0. The number of nitrogens with one attached hydrogen (secondary N) is 1. The van der Waals surface area contributed by atoms with Crippen molar-refractivity contribution in [3.05, 3.63) is 54.1 Å². The maximum atomic E-state index is 6.16. The van der Waals surface area contributed by atoms with Crippen LogP contribution in [0.2, 0.25) is 0 Å². The van der Waals surface area contributed by atoms with Gasteiger partial charge in [-0.1, -0.05) is 53.5 Å². The number of hydrogen-bond donors (Lipinski definition) is 1. The van der Waals surface area contributed by atoms with Crippen LogP contribution in [0.3, 0.4) is 0 Å². The topological polar surface area (TPSA) is 47.1 Å². The third-order valence-electron chi connectivity index (χ3n) is 2.67. The highest BCUT2D eigenvalue weighted by Gasteiger charge is 2.49. The minimum Gasteiger partial charge on any atom is -0.344 e. The van der Waals surface area contributed by atoms with Crippen molar-refractivity contribution in [3.8, 4) is 0 Å². The van der Waals surface area contributed by atoms with Crippen molar-refractivity contribution in [3.63, 3.8) is 0 Å². The van der Waals surface area contributed by atoms with Crippen LogP contribution in [0, 0.1) is 0 Å². The second-order valence-corrected chi connectivity index (χ2v) is 5.23. The molecule has 0 bridgehead atoms. The molecular weight excluding hydrogens is 275 g/mol. The van der Waals surface area contributed by atoms with E-state index >= 15 is 0 Å². The molecular formula is C12H10Cl2N2O2. The third-order valence-corrected chi connectivity index (χ3v) is 3.25. The zero-order chi connectivity index (χ0) is 12.6. The fraction of sp³-hybridized carbons (Fsp3) is 0.250. The number of ether oxygens (including phenoxy) is 2. The van der Waals surface area contributed by atoms with Gasteiger partial charge < -0.3 is 14.5 Å².